The number of phosphoric acid groups is 3. The zero-order chi connectivity index (χ0) is 41.9. The van der Waals surface area contributed by atoms with E-state index in [0.29, 0.717) is 18.9 Å². The summed E-state index contributed by atoms with van der Waals surface area (Å²) in [5, 5.41) is 26.5. The van der Waals surface area contributed by atoms with E-state index in [1.54, 1.807) is 11.8 Å². The maximum absolute atomic E-state index is 12.7. The molecule has 0 bridgehead atoms. The molecule has 25 nitrogen and oxygen atoms in total. The zero-order valence-electron chi connectivity index (χ0n) is 30.3. The number of imidazole rings is 1. The first-order chi connectivity index (χ1) is 26.0. The van der Waals surface area contributed by atoms with Crippen LogP contribution < -0.4 is 16.4 Å². The lowest BCUT2D eigenvalue weighted by molar-refractivity contribution is -0.141. The van der Waals surface area contributed by atoms with Crippen molar-refractivity contribution in [2.45, 2.75) is 70.7 Å². The fraction of sp³-hybridized carbons (Fsp3) is 0.704. The van der Waals surface area contributed by atoms with Gasteiger partial charge in [0.1, 0.15) is 36.3 Å². The molecule has 0 aliphatic carbocycles. The molecule has 2 aromatic rings. The molecule has 318 valence electrons. The van der Waals surface area contributed by atoms with E-state index >= 15 is 0 Å². The van der Waals surface area contributed by atoms with Crippen LogP contribution in [0.1, 0.15) is 46.3 Å². The largest absolute Gasteiger partial charge is 0.481 e. The summed E-state index contributed by atoms with van der Waals surface area (Å²) in [6.45, 7) is 2.44. The summed E-state index contributed by atoms with van der Waals surface area (Å²) >= 11 is 1.60. The second-order valence-corrected chi connectivity index (χ2v) is 18.2. The van der Waals surface area contributed by atoms with Gasteiger partial charge in [0.15, 0.2) is 17.7 Å². The molecule has 56 heavy (non-hydrogen) atoms. The van der Waals surface area contributed by atoms with Gasteiger partial charge in [0, 0.05) is 37.6 Å². The molecule has 0 radical (unpaired) electrons. The van der Waals surface area contributed by atoms with E-state index in [0.717, 1.165) is 35.8 Å². The lowest BCUT2D eigenvalue weighted by Crippen LogP contribution is -2.46. The number of phosphoric ester groups is 3. The average molecular weight is 882 g/mol. The molecule has 10 N–H and O–H groups in total. The van der Waals surface area contributed by atoms with E-state index in [2.05, 4.69) is 34.4 Å². The van der Waals surface area contributed by atoms with Crippen molar-refractivity contribution in [2.75, 3.05) is 50.1 Å². The number of fused-ring (bicyclic) bond motifs is 1. The number of esters is 1. The van der Waals surface area contributed by atoms with Gasteiger partial charge < -0.3 is 55.6 Å². The average Bonchev–Trinajstić information content (AvgIpc) is 3.65. The van der Waals surface area contributed by atoms with Gasteiger partial charge in [-0.25, -0.2) is 28.6 Å². The predicted molar refractivity (Wildman–Crippen MR) is 193 cm³/mol. The number of nitrogen functional groups attached to an aromatic ring is 1. The van der Waals surface area contributed by atoms with Crippen LogP contribution in [-0.4, -0.2) is 136 Å². The molecule has 0 spiro atoms. The van der Waals surface area contributed by atoms with Crippen LogP contribution in [0.4, 0.5) is 5.82 Å². The fourth-order valence-electron chi connectivity index (χ4n) is 4.83. The Balaban J connectivity index is 1.45. The molecule has 3 rings (SSSR count). The van der Waals surface area contributed by atoms with Crippen molar-refractivity contribution in [3.05, 3.63) is 12.7 Å². The summed E-state index contributed by atoms with van der Waals surface area (Å²) in [7, 11) is -16.4. The summed E-state index contributed by atoms with van der Waals surface area (Å²) < 4.78 is 66.9. The first kappa shape index (κ1) is 47.7. The van der Waals surface area contributed by atoms with Gasteiger partial charge in [-0.2, -0.15) is 16.1 Å². The molecule has 2 unspecified atom stereocenters. The predicted octanol–water partition coefficient (Wildman–Crippen LogP) is -0.519. The highest BCUT2D eigenvalue weighted by molar-refractivity contribution is 7.99. The normalized spacial score (nSPS) is 21.6. The number of thioether (sulfide) groups is 1. The molecule has 7 atom stereocenters. The molecule has 1 aliphatic rings. The van der Waals surface area contributed by atoms with E-state index in [4.69, 9.17) is 24.3 Å². The Hall–Kier alpha value is -2.64. The number of anilines is 1. The van der Waals surface area contributed by atoms with Crippen LogP contribution in [0.5, 0.6) is 0 Å². The van der Waals surface area contributed by atoms with Crippen molar-refractivity contribution in [3.63, 3.8) is 0 Å². The lowest BCUT2D eigenvalue weighted by atomic mass is 9.87. The summed E-state index contributed by atoms with van der Waals surface area (Å²) in [5.74, 6) is -0.229. The zero-order valence-corrected chi connectivity index (χ0v) is 33.8. The third kappa shape index (κ3) is 15.3. The number of carbonyl (C=O) groups excluding carboxylic acids is 3. The number of aliphatic hydroxyl groups excluding tert-OH is 2. The highest BCUT2D eigenvalue weighted by Gasteiger charge is 2.50. The van der Waals surface area contributed by atoms with Crippen molar-refractivity contribution in [1.82, 2.24) is 30.2 Å². The van der Waals surface area contributed by atoms with Gasteiger partial charge >= 0.3 is 29.4 Å². The van der Waals surface area contributed by atoms with Crippen LogP contribution in [0.2, 0.25) is 0 Å². The van der Waals surface area contributed by atoms with Gasteiger partial charge in [-0.15, -0.1) is 0 Å². The molecule has 29 heteroatoms. The Bertz CT molecular complexity index is 1800. The van der Waals surface area contributed by atoms with Crippen molar-refractivity contribution in [2.24, 2.45) is 5.41 Å². The molecule has 1 saturated heterocycles. The molecule has 1 fully saturated rings. The van der Waals surface area contributed by atoms with Gasteiger partial charge in [0.2, 0.25) is 11.8 Å². The Morgan fingerprint density at radius 2 is 1.73 bits per heavy atom. The van der Waals surface area contributed by atoms with Gasteiger partial charge in [0.05, 0.1) is 26.1 Å². The SMILES string of the molecule is CC(=O)OCCCCSCCNC(=O)CCNC(=O)[C@H](O)C(C)(C)COP(=O)(O)OP(=O)(O)OC[C@H]1O[C@@H](n2cnc3c(N)ncnc32)[C@H](O)[C@@H]1OP(=O)(O)O. The second kappa shape index (κ2) is 20.9. The first-order valence-electron chi connectivity index (χ1n) is 16.6. The third-order valence-corrected chi connectivity index (χ3v) is 11.8. The number of nitrogens with one attached hydrogen (secondary N) is 2. The van der Waals surface area contributed by atoms with E-state index in [-0.39, 0.29) is 41.8 Å². The highest BCUT2D eigenvalue weighted by Crippen LogP contribution is 2.61. The Morgan fingerprint density at radius 3 is 2.41 bits per heavy atom. The van der Waals surface area contributed by atoms with E-state index in [1.807, 2.05) is 0 Å². The number of carbonyl (C=O) groups is 3. The number of aromatic nitrogens is 4. The van der Waals surface area contributed by atoms with Crippen molar-refractivity contribution in [1.29, 1.82) is 0 Å². The van der Waals surface area contributed by atoms with Gasteiger partial charge in [-0.05, 0) is 18.6 Å². The topological polar surface area (TPSA) is 373 Å². The van der Waals surface area contributed by atoms with Gasteiger partial charge in [-0.1, -0.05) is 13.8 Å². The quantitative estimate of drug-likeness (QED) is 0.0364. The number of nitrogens with zero attached hydrogens (tertiary/aromatic N) is 4. The number of rotatable bonds is 24. The highest BCUT2D eigenvalue weighted by atomic mass is 32.2. The Kier molecular flexibility index (Phi) is 17.8. The minimum Gasteiger partial charge on any atom is -0.466 e. The summed E-state index contributed by atoms with van der Waals surface area (Å²) in [6, 6.07) is 0. The van der Waals surface area contributed by atoms with Gasteiger partial charge in [0.25, 0.3) is 0 Å². The molecule has 2 aromatic heterocycles. The Labute approximate surface area is 323 Å². The first-order valence-corrected chi connectivity index (χ1v) is 22.3. The van der Waals surface area contributed by atoms with Crippen LogP contribution in [0.25, 0.3) is 11.2 Å². The van der Waals surface area contributed by atoms with Crippen LogP contribution in [0, 0.1) is 5.41 Å². The smallest absolute Gasteiger partial charge is 0.466 e. The lowest BCUT2D eigenvalue weighted by Gasteiger charge is -2.30. The number of unbranched alkanes of at least 4 members (excludes halogenated alkanes) is 1. The Morgan fingerprint density at radius 1 is 1.04 bits per heavy atom. The summed E-state index contributed by atoms with van der Waals surface area (Å²) in [5.41, 5.74) is 4.28. The fourth-order valence-corrected chi connectivity index (χ4v) is 8.51. The minimum absolute atomic E-state index is 0.0324. The number of hydrogen-bond donors (Lipinski definition) is 9. The second-order valence-electron chi connectivity index (χ2n) is 12.7. The maximum Gasteiger partial charge on any atom is 0.481 e. The number of aliphatic hydroxyl groups is 2. The maximum atomic E-state index is 12.7. The van der Waals surface area contributed by atoms with E-state index in [9.17, 15) is 57.9 Å². The number of ether oxygens (including phenoxy) is 2. The monoisotopic (exact) mass is 881 g/mol. The summed E-state index contributed by atoms with van der Waals surface area (Å²) in [6.07, 6.45) is -5.25. The van der Waals surface area contributed by atoms with Crippen molar-refractivity contribution in [3.8, 4) is 0 Å². The molecule has 1 aliphatic heterocycles. The van der Waals surface area contributed by atoms with Crippen LogP contribution >= 0.6 is 35.2 Å². The number of nitrogens with two attached hydrogens (primary N) is 1. The van der Waals surface area contributed by atoms with E-state index < -0.39 is 78.6 Å². The van der Waals surface area contributed by atoms with Crippen LogP contribution in [0.15, 0.2) is 12.7 Å². The molecule has 0 aromatic carbocycles. The third-order valence-electron chi connectivity index (χ3n) is 7.63. The molecular formula is C27H46N7O18P3S. The van der Waals surface area contributed by atoms with Crippen LogP contribution in [0.3, 0.4) is 0 Å². The molecule has 0 saturated carbocycles. The minimum atomic E-state index is -5.56. The standard InChI is InChI=1S/C27H46N7O18P3S/c1-16(35)47-9-4-5-10-56-11-8-29-18(36)6-7-30-25(39)22(38)27(2,3)13-49-55(45,46)52-54(43,44)48-12-17-21(51-53(40,41)42)20(37)26(50-17)34-15-33-19-23(28)31-14-32-24(19)34/h14-15,17,20-22,26,37-38H,4-13H2,1-3H3,(H,29,36)(H,30,39)(H,43,44)(H,45,46)(H2,28,31,32)(H2,40,41,42)/t17-,20-,21-,22+,26-/m1/s1. The van der Waals surface area contributed by atoms with Gasteiger partial charge in [-0.3, -0.25) is 32.5 Å². The van der Waals surface area contributed by atoms with Crippen molar-refractivity contribution >= 4 is 70.0 Å². The summed E-state index contributed by atoms with van der Waals surface area (Å²) in [4.78, 5) is 86.3. The van der Waals surface area contributed by atoms with Crippen molar-refractivity contribution < 1.29 is 85.2 Å². The van der Waals surface area contributed by atoms with Crippen LogP contribution in [-0.2, 0) is 55.4 Å². The molecule has 2 amide bonds. The van der Waals surface area contributed by atoms with E-state index in [1.165, 1.54) is 20.8 Å². The molecule has 3 heterocycles. The number of amides is 2. The number of hydrogen-bond acceptors (Lipinski definition) is 19. The molecular weight excluding hydrogens is 835 g/mol.